The van der Waals surface area contributed by atoms with Gasteiger partial charge in [-0.3, -0.25) is 0 Å². The minimum Gasteiger partial charge on any atom is -0.478 e. The van der Waals surface area contributed by atoms with Crippen molar-refractivity contribution in [1.82, 2.24) is 19.7 Å². The number of aromatic nitrogens is 4. The first-order valence-electron chi connectivity index (χ1n) is 5.25. The van der Waals surface area contributed by atoms with E-state index in [1.54, 1.807) is 36.8 Å². The Morgan fingerprint density at radius 2 is 2.17 bits per heavy atom. The summed E-state index contributed by atoms with van der Waals surface area (Å²) in [6.07, 6.45) is 4.90. The Morgan fingerprint density at radius 1 is 1.28 bits per heavy atom. The van der Waals surface area contributed by atoms with Gasteiger partial charge in [-0.2, -0.15) is 5.10 Å². The van der Waals surface area contributed by atoms with E-state index in [4.69, 9.17) is 5.11 Å². The summed E-state index contributed by atoms with van der Waals surface area (Å²) < 4.78 is 1.48. The number of para-hydroxylation sites is 1. The molecule has 6 heteroatoms. The van der Waals surface area contributed by atoms with Crippen LogP contribution in [0, 0.1) is 0 Å². The monoisotopic (exact) mass is 240 g/mol. The number of carboxylic acids is 1. The summed E-state index contributed by atoms with van der Waals surface area (Å²) in [6, 6.07) is 6.71. The highest BCUT2D eigenvalue weighted by Crippen LogP contribution is 2.16. The van der Waals surface area contributed by atoms with Crippen molar-refractivity contribution < 1.29 is 9.90 Å². The highest BCUT2D eigenvalue weighted by molar-refractivity contribution is 6.01. The van der Waals surface area contributed by atoms with Crippen LogP contribution in [-0.2, 0) is 0 Å². The number of aromatic carboxylic acids is 1. The Kier molecular flexibility index (Phi) is 2.26. The van der Waals surface area contributed by atoms with Gasteiger partial charge in [0.1, 0.15) is 0 Å². The number of hydrogen-bond acceptors (Lipinski definition) is 4. The summed E-state index contributed by atoms with van der Waals surface area (Å²) in [5, 5.41) is 13.8. The molecular formula is C12H8N4O2. The highest BCUT2D eigenvalue weighted by atomic mass is 16.4. The van der Waals surface area contributed by atoms with Crippen LogP contribution in [-0.4, -0.2) is 30.8 Å². The lowest BCUT2D eigenvalue weighted by Crippen LogP contribution is -2.04. The first-order chi connectivity index (χ1) is 8.75. The van der Waals surface area contributed by atoms with Gasteiger partial charge < -0.3 is 5.11 Å². The zero-order chi connectivity index (χ0) is 12.5. The molecule has 3 rings (SSSR count). The molecule has 2 heterocycles. The Balaban J connectivity index is 2.28. The lowest BCUT2D eigenvalue weighted by Gasteiger charge is -2.04. The average molecular weight is 240 g/mol. The van der Waals surface area contributed by atoms with E-state index in [9.17, 15) is 4.79 Å². The van der Waals surface area contributed by atoms with Gasteiger partial charge in [0.2, 0.25) is 0 Å². The van der Waals surface area contributed by atoms with Crippen molar-refractivity contribution in [2.75, 3.05) is 0 Å². The largest absolute Gasteiger partial charge is 0.478 e. The predicted molar refractivity (Wildman–Crippen MR) is 63.6 cm³/mol. The summed E-state index contributed by atoms with van der Waals surface area (Å²) in [6.45, 7) is 0. The smallest absolute Gasteiger partial charge is 0.337 e. The van der Waals surface area contributed by atoms with E-state index in [2.05, 4.69) is 15.1 Å². The minimum atomic E-state index is -1.01. The van der Waals surface area contributed by atoms with E-state index >= 15 is 0 Å². The lowest BCUT2D eigenvalue weighted by molar-refractivity contribution is 0.0699. The minimum absolute atomic E-state index is 0.156. The molecule has 0 amide bonds. The van der Waals surface area contributed by atoms with Crippen LogP contribution in [0.15, 0.2) is 42.9 Å². The van der Waals surface area contributed by atoms with Crippen molar-refractivity contribution in [3.63, 3.8) is 0 Å². The zero-order valence-corrected chi connectivity index (χ0v) is 9.19. The Hall–Kier alpha value is -2.76. The predicted octanol–water partition coefficient (Wildman–Crippen LogP) is 1.51. The van der Waals surface area contributed by atoms with Crippen LogP contribution in [0.4, 0.5) is 0 Å². The quantitative estimate of drug-likeness (QED) is 0.734. The molecule has 3 aromatic rings. The second kappa shape index (κ2) is 3.92. The molecule has 0 aliphatic rings. The zero-order valence-electron chi connectivity index (χ0n) is 9.19. The summed E-state index contributed by atoms with van der Waals surface area (Å²) in [5.74, 6) is -0.660. The number of carbonyl (C=O) groups is 1. The van der Waals surface area contributed by atoms with Crippen LogP contribution in [0.2, 0.25) is 0 Å². The molecule has 0 fully saturated rings. The first-order valence-corrected chi connectivity index (χ1v) is 5.25. The summed E-state index contributed by atoms with van der Waals surface area (Å²) in [5.41, 5.74) is 0.564. The van der Waals surface area contributed by atoms with E-state index in [0.29, 0.717) is 16.9 Å². The maximum atomic E-state index is 11.1. The SMILES string of the molecule is O=C(O)c1cccc2cnc(-n3cccn3)nc12. The Bertz CT molecular complexity index is 722. The molecule has 0 spiro atoms. The normalized spacial score (nSPS) is 10.7. The Labute approximate surface area is 102 Å². The number of fused-ring (bicyclic) bond motifs is 1. The molecule has 0 saturated carbocycles. The third-order valence-corrected chi connectivity index (χ3v) is 2.54. The van der Waals surface area contributed by atoms with Crippen molar-refractivity contribution in [1.29, 1.82) is 0 Å². The van der Waals surface area contributed by atoms with Gasteiger partial charge in [0.05, 0.1) is 11.1 Å². The van der Waals surface area contributed by atoms with Gasteiger partial charge in [-0.05, 0) is 12.1 Å². The van der Waals surface area contributed by atoms with Crippen LogP contribution in [0.3, 0.4) is 0 Å². The number of rotatable bonds is 2. The fourth-order valence-electron chi connectivity index (χ4n) is 1.72. The van der Waals surface area contributed by atoms with Gasteiger partial charge in [-0.15, -0.1) is 0 Å². The van der Waals surface area contributed by atoms with Gasteiger partial charge in [0, 0.05) is 24.0 Å². The molecule has 1 N–H and O–H groups in total. The molecule has 0 bridgehead atoms. The van der Waals surface area contributed by atoms with Crippen molar-refractivity contribution in [2.45, 2.75) is 0 Å². The second-order valence-corrected chi connectivity index (χ2v) is 3.67. The molecule has 2 aromatic heterocycles. The molecule has 0 unspecified atom stereocenters. The fraction of sp³-hybridized carbons (Fsp3) is 0. The van der Waals surface area contributed by atoms with E-state index < -0.39 is 5.97 Å². The van der Waals surface area contributed by atoms with Crippen molar-refractivity contribution in [3.8, 4) is 5.95 Å². The van der Waals surface area contributed by atoms with E-state index in [1.165, 1.54) is 10.7 Å². The van der Waals surface area contributed by atoms with Crippen LogP contribution in [0.25, 0.3) is 16.9 Å². The summed E-state index contributed by atoms with van der Waals surface area (Å²) >= 11 is 0. The van der Waals surface area contributed by atoms with Crippen molar-refractivity contribution in [2.24, 2.45) is 0 Å². The number of hydrogen-bond donors (Lipinski definition) is 1. The van der Waals surface area contributed by atoms with Crippen LogP contribution < -0.4 is 0 Å². The molecule has 0 aliphatic carbocycles. The molecule has 6 nitrogen and oxygen atoms in total. The van der Waals surface area contributed by atoms with Crippen molar-refractivity contribution in [3.05, 3.63) is 48.4 Å². The third-order valence-electron chi connectivity index (χ3n) is 2.54. The fourth-order valence-corrected chi connectivity index (χ4v) is 1.72. The maximum Gasteiger partial charge on any atom is 0.337 e. The summed E-state index contributed by atoms with van der Waals surface area (Å²) in [4.78, 5) is 19.5. The lowest BCUT2D eigenvalue weighted by atomic mass is 10.1. The van der Waals surface area contributed by atoms with Gasteiger partial charge in [0.15, 0.2) is 0 Å². The molecule has 0 saturated heterocycles. The van der Waals surface area contributed by atoms with Crippen LogP contribution >= 0.6 is 0 Å². The van der Waals surface area contributed by atoms with Gasteiger partial charge >= 0.3 is 5.97 Å². The van der Waals surface area contributed by atoms with Crippen LogP contribution in [0.5, 0.6) is 0 Å². The van der Waals surface area contributed by atoms with E-state index in [1.807, 2.05) is 0 Å². The van der Waals surface area contributed by atoms with Gasteiger partial charge in [0.25, 0.3) is 5.95 Å². The van der Waals surface area contributed by atoms with Gasteiger partial charge in [-0.25, -0.2) is 19.4 Å². The highest BCUT2D eigenvalue weighted by Gasteiger charge is 2.11. The third kappa shape index (κ3) is 1.60. The molecule has 88 valence electrons. The molecule has 1 aromatic carbocycles. The molecule has 0 radical (unpaired) electrons. The van der Waals surface area contributed by atoms with Crippen molar-refractivity contribution >= 4 is 16.9 Å². The van der Waals surface area contributed by atoms with E-state index in [-0.39, 0.29) is 5.56 Å². The number of nitrogens with zero attached hydrogens (tertiary/aromatic N) is 4. The maximum absolute atomic E-state index is 11.1. The first kappa shape index (κ1) is 10.4. The van der Waals surface area contributed by atoms with Gasteiger partial charge in [-0.1, -0.05) is 12.1 Å². The molecular weight excluding hydrogens is 232 g/mol. The molecule has 18 heavy (non-hydrogen) atoms. The Morgan fingerprint density at radius 3 is 2.89 bits per heavy atom. The van der Waals surface area contributed by atoms with E-state index in [0.717, 1.165) is 0 Å². The number of benzene rings is 1. The molecule has 0 atom stereocenters. The topological polar surface area (TPSA) is 80.9 Å². The average Bonchev–Trinajstić information content (AvgIpc) is 2.91. The van der Waals surface area contributed by atoms with Crippen LogP contribution in [0.1, 0.15) is 10.4 Å². The second-order valence-electron chi connectivity index (χ2n) is 3.67. The number of carboxylic acid groups (broad SMARTS) is 1. The molecule has 0 aliphatic heterocycles. The summed E-state index contributed by atoms with van der Waals surface area (Å²) in [7, 11) is 0. The standard InChI is InChI=1S/C12H8N4O2/c17-11(18)9-4-1-3-8-7-13-12(15-10(8)9)16-6-2-5-14-16/h1-7H,(H,17,18).